The van der Waals surface area contributed by atoms with Gasteiger partial charge in [-0.25, -0.2) is 0 Å². The second-order valence-electron chi connectivity index (χ2n) is 3.75. The molecule has 0 aliphatic heterocycles. The highest BCUT2D eigenvalue weighted by Gasteiger charge is 2.17. The summed E-state index contributed by atoms with van der Waals surface area (Å²) < 4.78 is 10.8. The normalized spacial score (nSPS) is 11.5. The fraction of sp³-hybridized carbons (Fsp3) is 0.385. The quantitative estimate of drug-likeness (QED) is 0.771. The summed E-state index contributed by atoms with van der Waals surface area (Å²) in [6, 6.07) is 6.99. The minimum atomic E-state index is -1.10. The van der Waals surface area contributed by atoms with E-state index in [0.717, 1.165) is 0 Å². The molecule has 0 fully saturated rings. The molecule has 6 nitrogen and oxygen atoms in total. The van der Waals surface area contributed by atoms with Crippen molar-refractivity contribution in [3.63, 3.8) is 0 Å². The number of benzene rings is 1. The molecule has 2 N–H and O–H groups in total. The van der Waals surface area contributed by atoms with E-state index in [4.69, 9.17) is 14.6 Å². The van der Waals surface area contributed by atoms with Gasteiger partial charge in [0.2, 0.25) is 0 Å². The molecule has 0 saturated heterocycles. The van der Waals surface area contributed by atoms with Gasteiger partial charge in [-0.1, -0.05) is 12.1 Å². The van der Waals surface area contributed by atoms with Crippen LogP contribution in [0.4, 0.5) is 0 Å². The first-order valence-corrected chi connectivity index (χ1v) is 5.92. The second-order valence-corrected chi connectivity index (χ2v) is 3.75. The Hall–Kier alpha value is -2.24. The van der Waals surface area contributed by atoms with E-state index >= 15 is 0 Å². The fourth-order valence-corrected chi connectivity index (χ4v) is 1.37. The number of carbonyl (C=O) groups is 2. The minimum absolute atomic E-state index is 0.431. The molecule has 0 aliphatic carbocycles. The Morgan fingerprint density at radius 3 is 2.53 bits per heavy atom. The molecule has 19 heavy (non-hydrogen) atoms. The molecule has 1 atom stereocenters. The summed E-state index contributed by atoms with van der Waals surface area (Å²) in [4.78, 5) is 21.9. The smallest absolute Gasteiger partial charge is 0.322 e. The Kier molecular flexibility index (Phi) is 5.66. The summed E-state index contributed by atoms with van der Waals surface area (Å²) >= 11 is 0. The van der Waals surface area contributed by atoms with Crippen LogP contribution in [0.5, 0.6) is 11.5 Å². The molecule has 1 aromatic rings. The fourth-order valence-electron chi connectivity index (χ4n) is 1.37. The largest absolute Gasteiger partial charge is 0.490 e. The summed E-state index contributed by atoms with van der Waals surface area (Å²) in [5, 5.41) is 10.7. The molecule has 0 radical (unpaired) electrons. The molecular weight excluding hydrogens is 250 g/mol. The Morgan fingerprint density at radius 2 is 1.95 bits per heavy atom. The van der Waals surface area contributed by atoms with Gasteiger partial charge in [-0.3, -0.25) is 9.59 Å². The van der Waals surface area contributed by atoms with Crippen LogP contribution in [0, 0.1) is 0 Å². The number of amides is 1. The van der Waals surface area contributed by atoms with Gasteiger partial charge >= 0.3 is 5.97 Å². The van der Waals surface area contributed by atoms with E-state index in [1.807, 2.05) is 6.92 Å². The molecule has 0 aromatic heterocycles. The van der Waals surface area contributed by atoms with E-state index in [-0.39, 0.29) is 0 Å². The highest BCUT2D eigenvalue weighted by atomic mass is 16.5. The maximum Gasteiger partial charge on any atom is 0.322 e. The van der Waals surface area contributed by atoms with Crippen molar-refractivity contribution in [1.82, 2.24) is 5.32 Å². The van der Waals surface area contributed by atoms with Crippen molar-refractivity contribution in [3.8, 4) is 11.5 Å². The van der Waals surface area contributed by atoms with E-state index < -0.39 is 24.5 Å². The van der Waals surface area contributed by atoms with Crippen LogP contribution >= 0.6 is 0 Å². The standard InChI is InChI=1S/C13H17NO5/c1-3-18-10-6-4-5-7-11(10)19-9(2)13(17)14-8-12(15)16/h4-7,9H,3,8H2,1-2H3,(H,14,17)(H,15,16). The number of para-hydroxylation sites is 2. The Bertz CT molecular complexity index is 446. The molecule has 6 heteroatoms. The molecule has 1 unspecified atom stereocenters. The first-order chi connectivity index (χ1) is 9.04. The summed E-state index contributed by atoms with van der Waals surface area (Å²) in [6.45, 7) is 3.44. The van der Waals surface area contributed by atoms with Gasteiger partial charge in [-0.05, 0) is 26.0 Å². The van der Waals surface area contributed by atoms with E-state index in [9.17, 15) is 9.59 Å². The van der Waals surface area contributed by atoms with Gasteiger partial charge in [-0.15, -0.1) is 0 Å². The molecule has 0 bridgehead atoms. The number of ether oxygens (including phenoxy) is 2. The highest BCUT2D eigenvalue weighted by Crippen LogP contribution is 2.27. The van der Waals surface area contributed by atoms with Crippen LogP contribution in [0.2, 0.25) is 0 Å². The Labute approximate surface area is 111 Å². The van der Waals surface area contributed by atoms with Gasteiger partial charge in [0.25, 0.3) is 5.91 Å². The van der Waals surface area contributed by atoms with Crippen LogP contribution in [0.1, 0.15) is 13.8 Å². The number of aliphatic carboxylic acids is 1. The number of carbonyl (C=O) groups excluding carboxylic acids is 1. The highest BCUT2D eigenvalue weighted by molar-refractivity contribution is 5.84. The topological polar surface area (TPSA) is 84.9 Å². The van der Waals surface area contributed by atoms with Crippen LogP contribution in [0.25, 0.3) is 0 Å². The van der Waals surface area contributed by atoms with Crippen molar-refractivity contribution in [2.45, 2.75) is 20.0 Å². The predicted molar refractivity (Wildman–Crippen MR) is 68.3 cm³/mol. The van der Waals surface area contributed by atoms with Crippen LogP contribution in [-0.2, 0) is 9.59 Å². The van der Waals surface area contributed by atoms with Crippen molar-refractivity contribution in [2.24, 2.45) is 0 Å². The molecule has 1 aromatic carbocycles. The van der Waals surface area contributed by atoms with Crippen LogP contribution < -0.4 is 14.8 Å². The molecule has 0 spiro atoms. The third-order valence-corrected chi connectivity index (χ3v) is 2.24. The lowest BCUT2D eigenvalue weighted by atomic mass is 10.3. The zero-order chi connectivity index (χ0) is 14.3. The van der Waals surface area contributed by atoms with Gasteiger partial charge < -0.3 is 19.9 Å². The maximum absolute atomic E-state index is 11.6. The summed E-state index contributed by atoms with van der Waals surface area (Å²) in [5.41, 5.74) is 0. The van der Waals surface area contributed by atoms with Gasteiger partial charge in [0.1, 0.15) is 6.54 Å². The number of nitrogens with one attached hydrogen (secondary N) is 1. The number of hydrogen-bond donors (Lipinski definition) is 2. The average Bonchev–Trinajstić information content (AvgIpc) is 2.38. The van der Waals surface area contributed by atoms with Gasteiger partial charge in [0.05, 0.1) is 6.61 Å². The van der Waals surface area contributed by atoms with E-state index in [0.29, 0.717) is 18.1 Å². The third-order valence-electron chi connectivity index (χ3n) is 2.24. The lowest BCUT2D eigenvalue weighted by Gasteiger charge is -2.16. The molecular formula is C13H17NO5. The number of carboxylic acids is 1. The molecule has 1 amide bonds. The minimum Gasteiger partial charge on any atom is -0.490 e. The molecule has 1 rings (SSSR count). The first-order valence-electron chi connectivity index (χ1n) is 5.92. The lowest BCUT2D eigenvalue weighted by molar-refractivity contribution is -0.139. The molecule has 0 heterocycles. The van der Waals surface area contributed by atoms with Crippen LogP contribution in [0.15, 0.2) is 24.3 Å². The third kappa shape index (κ3) is 4.87. The van der Waals surface area contributed by atoms with Gasteiger partial charge in [0.15, 0.2) is 17.6 Å². The van der Waals surface area contributed by atoms with E-state index in [2.05, 4.69) is 5.32 Å². The van der Waals surface area contributed by atoms with Crippen molar-refractivity contribution in [3.05, 3.63) is 24.3 Å². The number of rotatable bonds is 7. The summed E-state index contributed by atoms with van der Waals surface area (Å²) in [5.74, 6) is -0.603. The van der Waals surface area contributed by atoms with Crippen LogP contribution in [-0.4, -0.2) is 36.2 Å². The predicted octanol–water partition coefficient (Wildman–Crippen LogP) is 1.05. The van der Waals surface area contributed by atoms with Gasteiger partial charge in [-0.2, -0.15) is 0 Å². The Balaban J connectivity index is 2.63. The maximum atomic E-state index is 11.6. The SMILES string of the molecule is CCOc1ccccc1OC(C)C(=O)NCC(=O)O. The average molecular weight is 267 g/mol. The van der Waals surface area contributed by atoms with Gasteiger partial charge in [0, 0.05) is 0 Å². The zero-order valence-electron chi connectivity index (χ0n) is 10.9. The first kappa shape index (κ1) is 14.8. The zero-order valence-corrected chi connectivity index (χ0v) is 10.9. The van der Waals surface area contributed by atoms with Crippen molar-refractivity contribution < 1.29 is 24.2 Å². The van der Waals surface area contributed by atoms with Crippen molar-refractivity contribution >= 4 is 11.9 Å². The molecule has 104 valence electrons. The van der Waals surface area contributed by atoms with Crippen molar-refractivity contribution in [1.29, 1.82) is 0 Å². The van der Waals surface area contributed by atoms with Crippen molar-refractivity contribution in [2.75, 3.05) is 13.2 Å². The lowest BCUT2D eigenvalue weighted by Crippen LogP contribution is -2.39. The number of carboxylic acid groups (broad SMARTS) is 1. The van der Waals surface area contributed by atoms with Crippen LogP contribution in [0.3, 0.4) is 0 Å². The second kappa shape index (κ2) is 7.25. The molecule has 0 aliphatic rings. The number of hydrogen-bond acceptors (Lipinski definition) is 4. The van der Waals surface area contributed by atoms with E-state index in [1.54, 1.807) is 31.2 Å². The summed E-state index contributed by atoms with van der Waals surface area (Å²) in [6.07, 6.45) is -0.805. The molecule has 0 saturated carbocycles. The summed E-state index contributed by atoms with van der Waals surface area (Å²) in [7, 11) is 0. The van der Waals surface area contributed by atoms with E-state index in [1.165, 1.54) is 0 Å². The monoisotopic (exact) mass is 267 g/mol. The Morgan fingerprint density at radius 1 is 1.32 bits per heavy atom.